The van der Waals surface area contributed by atoms with Crippen LogP contribution in [0.3, 0.4) is 0 Å². The summed E-state index contributed by atoms with van der Waals surface area (Å²) in [5.74, 6) is 1.88. The Labute approximate surface area is 188 Å². The highest BCUT2D eigenvalue weighted by Gasteiger charge is 2.38. The second-order valence-corrected chi connectivity index (χ2v) is 7.52. The SMILES string of the molecule is COc1ccc(OC)c(C(c2ccc(OC)c(OC)c2OC)N2CCCCC2C(=O)O)c1. The zero-order chi connectivity index (χ0) is 23.3. The van der Waals surface area contributed by atoms with Crippen LogP contribution in [-0.4, -0.2) is 64.1 Å². The van der Waals surface area contributed by atoms with E-state index < -0.39 is 18.1 Å². The summed E-state index contributed by atoms with van der Waals surface area (Å²) in [4.78, 5) is 14.2. The first-order valence-electron chi connectivity index (χ1n) is 10.5. The van der Waals surface area contributed by atoms with Crippen LogP contribution in [0.1, 0.15) is 36.4 Å². The summed E-state index contributed by atoms with van der Waals surface area (Å²) in [6, 6.07) is 8.09. The van der Waals surface area contributed by atoms with Crippen LogP contribution in [-0.2, 0) is 4.79 Å². The highest BCUT2D eigenvalue weighted by molar-refractivity contribution is 5.74. The zero-order valence-corrected chi connectivity index (χ0v) is 19.2. The van der Waals surface area contributed by atoms with E-state index in [0.29, 0.717) is 41.7 Å². The summed E-state index contributed by atoms with van der Waals surface area (Å²) in [5, 5.41) is 10.0. The molecule has 0 aliphatic carbocycles. The first kappa shape index (κ1) is 23.5. The monoisotopic (exact) mass is 445 g/mol. The molecule has 8 heteroatoms. The van der Waals surface area contributed by atoms with Crippen molar-refractivity contribution >= 4 is 5.97 Å². The van der Waals surface area contributed by atoms with E-state index in [-0.39, 0.29) is 0 Å². The van der Waals surface area contributed by atoms with E-state index in [1.54, 1.807) is 41.6 Å². The number of likely N-dealkylation sites (tertiary alicyclic amines) is 1. The minimum atomic E-state index is -0.851. The molecule has 1 heterocycles. The van der Waals surface area contributed by atoms with Gasteiger partial charge in [0, 0.05) is 11.1 Å². The normalized spacial score (nSPS) is 17.3. The van der Waals surface area contributed by atoms with Crippen molar-refractivity contribution in [2.75, 3.05) is 42.1 Å². The Morgan fingerprint density at radius 3 is 2.16 bits per heavy atom. The summed E-state index contributed by atoms with van der Waals surface area (Å²) >= 11 is 0. The van der Waals surface area contributed by atoms with Gasteiger partial charge in [0.15, 0.2) is 11.5 Å². The molecule has 0 aromatic heterocycles. The van der Waals surface area contributed by atoms with E-state index in [0.717, 1.165) is 24.0 Å². The smallest absolute Gasteiger partial charge is 0.320 e. The van der Waals surface area contributed by atoms with E-state index in [2.05, 4.69) is 0 Å². The molecule has 1 saturated heterocycles. The molecule has 2 aromatic carbocycles. The summed E-state index contributed by atoms with van der Waals surface area (Å²) in [5.41, 5.74) is 1.54. The van der Waals surface area contributed by atoms with Crippen LogP contribution in [0.5, 0.6) is 28.7 Å². The third-order valence-corrected chi connectivity index (χ3v) is 5.92. The van der Waals surface area contributed by atoms with Crippen molar-refractivity contribution in [3.63, 3.8) is 0 Å². The number of aliphatic carboxylic acids is 1. The van der Waals surface area contributed by atoms with Gasteiger partial charge in [-0.25, -0.2) is 0 Å². The highest BCUT2D eigenvalue weighted by atomic mass is 16.5. The van der Waals surface area contributed by atoms with Gasteiger partial charge in [-0.2, -0.15) is 0 Å². The van der Waals surface area contributed by atoms with Crippen molar-refractivity contribution < 1.29 is 33.6 Å². The Morgan fingerprint density at radius 2 is 1.56 bits per heavy atom. The summed E-state index contributed by atoms with van der Waals surface area (Å²) < 4.78 is 28.0. The molecule has 1 aliphatic rings. The van der Waals surface area contributed by atoms with Crippen LogP contribution >= 0.6 is 0 Å². The maximum absolute atomic E-state index is 12.2. The van der Waals surface area contributed by atoms with Gasteiger partial charge >= 0.3 is 5.97 Å². The average molecular weight is 446 g/mol. The van der Waals surface area contributed by atoms with Crippen LogP contribution in [0.2, 0.25) is 0 Å². The second-order valence-electron chi connectivity index (χ2n) is 7.52. The van der Waals surface area contributed by atoms with Gasteiger partial charge in [0.05, 0.1) is 41.6 Å². The van der Waals surface area contributed by atoms with Gasteiger partial charge in [0.2, 0.25) is 5.75 Å². The van der Waals surface area contributed by atoms with Crippen LogP contribution in [0.25, 0.3) is 0 Å². The van der Waals surface area contributed by atoms with Gasteiger partial charge in [0.1, 0.15) is 17.5 Å². The van der Waals surface area contributed by atoms with E-state index in [1.165, 1.54) is 0 Å². The molecule has 3 rings (SSSR count). The minimum absolute atomic E-state index is 0.447. The molecule has 1 fully saturated rings. The molecule has 0 spiro atoms. The molecule has 174 valence electrons. The third-order valence-electron chi connectivity index (χ3n) is 5.92. The van der Waals surface area contributed by atoms with Crippen LogP contribution < -0.4 is 23.7 Å². The topological polar surface area (TPSA) is 86.7 Å². The number of methoxy groups -OCH3 is 5. The molecule has 1 aliphatic heterocycles. The first-order chi connectivity index (χ1) is 15.5. The predicted octanol–water partition coefficient (Wildman–Crippen LogP) is 3.76. The number of ether oxygens (including phenoxy) is 5. The van der Waals surface area contributed by atoms with Gasteiger partial charge in [-0.3, -0.25) is 9.69 Å². The Bertz CT molecular complexity index is 946. The fourth-order valence-corrected chi connectivity index (χ4v) is 4.45. The summed E-state index contributed by atoms with van der Waals surface area (Å²) in [7, 11) is 7.86. The standard InChI is InChI=1S/C24H31NO7/c1-28-15-9-11-19(29-2)17(14-15)21(25-13-7-6-8-18(25)24(26)27)16-10-12-20(30-3)23(32-5)22(16)31-4/h9-12,14,18,21H,6-8,13H2,1-5H3,(H,26,27). The van der Waals surface area contributed by atoms with Gasteiger partial charge in [-0.1, -0.05) is 6.42 Å². The van der Waals surface area contributed by atoms with Crippen molar-refractivity contribution in [3.05, 3.63) is 41.5 Å². The maximum Gasteiger partial charge on any atom is 0.320 e. The molecule has 2 atom stereocenters. The van der Waals surface area contributed by atoms with E-state index in [4.69, 9.17) is 23.7 Å². The molecule has 0 radical (unpaired) electrons. The molecule has 0 saturated carbocycles. The fraction of sp³-hybridized carbons (Fsp3) is 0.458. The molecule has 32 heavy (non-hydrogen) atoms. The number of piperidine rings is 1. The maximum atomic E-state index is 12.2. The van der Waals surface area contributed by atoms with Crippen LogP contribution in [0.4, 0.5) is 0 Å². The number of nitrogens with zero attached hydrogens (tertiary/aromatic N) is 1. The lowest BCUT2D eigenvalue weighted by Gasteiger charge is -2.40. The zero-order valence-electron chi connectivity index (χ0n) is 19.2. The molecular formula is C24H31NO7. The Kier molecular flexibility index (Phi) is 7.69. The highest BCUT2D eigenvalue weighted by Crippen LogP contribution is 2.48. The fourth-order valence-electron chi connectivity index (χ4n) is 4.45. The lowest BCUT2D eigenvalue weighted by atomic mass is 9.90. The van der Waals surface area contributed by atoms with Crippen LogP contribution in [0, 0.1) is 0 Å². The molecule has 8 nitrogen and oxygen atoms in total. The summed E-state index contributed by atoms with van der Waals surface area (Å²) in [6.07, 6.45) is 2.31. The van der Waals surface area contributed by atoms with Crippen molar-refractivity contribution in [2.24, 2.45) is 0 Å². The van der Waals surface area contributed by atoms with E-state index in [9.17, 15) is 9.90 Å². The Hall–Kier alpha value is -3.13. The van der Waals surface area contributed by atoms with Crippen molar-refractivity contribution in [1.29, 1.82) is 0 Å². The van der Waals surface area contributed by atoms with Crippen LogP contribution in [0.15, 0.2) is 30.3 Å². The van der Waals surface area contributed by atoms with Crippen molar-refractivity contribution in [3.8, 4) is 28.7 Å². The van der Waals surface area contributed by atoms with Crippen molar-refractivity contribution in [1.82, 2.24) is 4.90 Å². The summed E-state index contributed by atoms with van der Waals surface area (Å²) in [6.45, 7) is 0.611. The number of hydrogen-bond donors (Lipinski definition) is 1. The molecule has 0 amide bonds. The van der Waals surface area contributed by atoms with Gasteiger partial charge in [-0.05, 0) is 49.7 Å². The number of benzene rings is 2. The molecular weight excluding hydrogens is 414 g/mol. The van der Waals surface area contributed by atoms with Gasteiger partial charge in [-0.15, -0.1) is 0 Å². The minimum Gasteiger partial charge on any atom is -0.497 e. The number of rotatable bonds is 9. The lowest BCUT2D eigenvalue weighted by Crippen LogP contribution is -2.47. The Morgan fingerprint density at radius 1 is 0.875 bits per heavy atom. The number of carboxylic acid groups (broad SMARTS) is 1. The first-order valence-corrected chi connectivity index (χ1v) is 10.5. The largest absolute Gasteiger partial charge is 0.497 e. The average Bonchev–Trinajstić information content (AvgIpc) is 2.83. The predicted molar refractivity (Wildman–Crippen MR) is 119 cm³/mol. The number of carboxylic acids is 1. The molecule has 2 aromatic rings. The van der Waals surface area contributed by atoms with Gasteiger partial charge in [0.25, 0.3) is 0 Å². The van der Waals surface area contributed by atoms with Gasteiger partial charge < -0.3 is 28.8 Å². The second kappa shape index (κ2) is 10.5. The molecule has 2 unspecified atom stereocenters. The molecule has 0 bridgehead atoms. The lowest BCUT2D eigenvalue weighted by molar-refractivity contribution is -0.145. The van der Waals surface area contributed by atoms with E-state index >= 15 is 0 Å². The Balaban J connectivity index is 2.31. The third kappa shape index (κ3) is 4.41. The molecule has 1 N–H and O–H groups in total. The van der Waals surface area contributed by atoms with E-state index in [1.807, 2.05) is 29.2 Å². The quantitative estimate of drug-likeness (QED) is 0.624. The number of hydrogen-bond acceptors (Lipinski definition) is 7. The number of carbonyl (C=O) groups is 1. The van der Waals surface area contributed by atoms with Crippen molar-refractivity contribution in [2.45, 2.75) is 31.3 Å².